The number of hydrogen-bond acceptors (Lipinski definition) is 5. The molecule has 3 aromatic carbocycles. The van der Waals surface area contributed by atoms with Gasteiger partial charge in [-0.3, -0.25) is 9.59 Å². The van der Waals surface area contributed by atoms with Gasteiger partial charge in [0, 0.05) is 18.7 Å². The van der Waals surface area contributed by atoms with E-state index >= 15 is 0 Å². The minimum absolute atomic E-state index is 0.101. The van der Waals surface area contributed by atoms with Gasteiger partial charge in [0.25, 0.3) is 5.91 Å². The van der Waals surface area contributed by atoms with E-state index in [4.69, 9.17) is 4.74 Å². The summed E-state index contributed by atoms with van der Waals surface area (Å²) in [6.45, 7) is 11.8. The number of carbonyl (C=O) groups is 3. The standard InChI is InChI=1S/C38H51N3O5/c1-7-9-10-11-14-25-41(36(44)33(40-37(45)46-38(4,5)6)26-29-19-23-31(42)24-20-29)34(30-21-17-28(8-2)18-22-30)35(43)39-32-16-13-12-15-27(32)3/h12-13,15-24,33-34,42H,7-11,14,25-26H2,1-6H3,(H,39,43)(H,40,45). The average Bonchev–Trinajstić information content (AvgIpc) is 3.01. The first kappa shape index (κ1) is 36.1. The summed E-state index contributed by atoms with van der Waals surface area (Å²) in [4.78, 5) is 43.7. The van der Waals surface area contributed by atoms with Crippen molar-refractivity contribution >= 4 is 23.6 Å². The third-order valence-corrected chi connectivity index (χ3v) is 7.82. The van der Waals surface area contributed by atoms with Crippen molar-refractivity contribution in [2.75, 3.05) is 11.9 Å². The number of anilines is 1. The van der Waals surface area contributed by atoms with Crippen LogP contribution in [0.4, 0.5) is 10.5 Å². The summed E-state index contributed by atoms with van der Waals surface area (Å²) in [5.74, 6) is -0.621. The Bertz CT molecular complexity index is 1410. The van der Waals surface area contributed by atoms with E-state index in [2.05, 4.69) is 24.5 Å². The van der Waals surface area contributed by atoms with E-state index in [0.717, 1.165) is 48.8 Å². The van der Waals surface area contributed by atoms with Gasteiger partial charge < -0.3 is 25.4 Å². The quantitative estimate of drug-likeness (QED) is 0.148. The summed E-state index contributed by atoms with van der Waals surface area (Å²) in [5.41, 5.74) is 3.35. The molecule has 8 heteroatoms. The van der Waals surface area contributed by atoms with Crippen molar-refractivity contribution in [3.05, 3.63) is 95.1 Å². The first-order chi connectivity index (χ1) is 21.9. The smallest absolute Gasteiger partial charge is 0.408 e. The molecule has 0 radical (unpaired) electrons. The number of nitrogens with zero attached hydrogens (tertiary/aromatic N) is 1. The topological polar surface area (TPSA) is 108 Å². The maximum Gasteiger partial charge on any atom is 0.408 e. The number of unbranched alkanes of at least 4 members (excludes halogenated alkanes) is 4. The third kappa shape index (κ3) is 11.2. The maximum atomic E-state index is 14.7. The van der Waals surface area contributed by atoms with Crippen molar-refractivity contribution in [1.82, 2.24) is 10.2 Å². The molecule has 0 spiro atoms. The monoisotopic (exact) mass is 629 g/mol. The number of nitrogens with one attached hydrogen (secondary N) is 2. The van der Waals surface area contributed by atoms with Crippen LogP contribution in [-0.2, 0) is 27.2 Å². The van der Waals surface area contributed by atoms with Gasteiger partial charge >= 0.3 is 6.09 Å². The largest absolute Gasteiger partial charge is 0.508 e. The van der Waals surface area contributed by atoms with Crippen LogP contribution in [0.15, 0.2) is 72.8 Å². The van der Waals surface area contributed by atoms with Gasteiger partial charge in [0.2, 0.25) is 5.91 Å². The van der Waals surface area contributed by atoms with Crippen molar-refractivity contribution in [2.24, 2.45) is 0 Å². The van der Waals surface area contributed by atoms with Crippen molar-refractivity contribution in [2.45, 2.75) is 104 Å². The van der Waals surface area contributed by atoms with Gasteiger partial charge in [0.15, 0.2) is 0 Å². The summed E-state index contributed by atoms with van der Waals surface area (Å²) in [6, 6.07) is 19.9. The van der Waals surface area contributed by atoms with Gasteiger partial charge in [0.1, 0.15) is 23.4 Å². The molecule has 0 saturated heterocycles. The van der Waals surface area contributed by atoms with Crippen LogP contribution in [0.5, 0.6) is 5.75 Å². The van der Waals surface area contributed by atoms with Crippen LogP contribution < -0.4 is 10.6 Å². The van der Waals surface area contributed by atoms with Crippen LogP contribution >= 0.6 is 0 Å². The molecule has 0 aliphatic carbocycles. The van der Waals surface area contributed by atoms with Crippen LogP contribution in [0.3, 0.4) is 0 Å². The molecule has 3 N–H and O–H groups in total. The normalized spacial score (nSPS) is 12.6. The number of hydrogen-bond donors (Lipinski definition) is 3. The zero-order chi connectivity index (χ0) is 33.7. The lowest BCUT2D eigenvalue weighted by atomic mass is 9.98. The Hall–Kier alpha value is -4.33. The number of para-hydroxylation sites is 1. The number of alkyl carbamates (subject to hydrolysis) is 1. The molecule has 8 nitrogen and oxygen atoms in total. The highest BCUT2D eigenvalue weighted by Crippen LogP contribution is 2.27. The number of phenols is 1. The van der Waals surface area contributed by atoms with E-state index in [-0.39, 0.29) is 24.0 Å². The highest BCUT2D eigenvalue weighted by Gasteiger charge is 2.36. The Morgan fingerprint density at radius 2 is 1.48 bits per heavy atom. The molecule has 3 rings (SSSR count). The van der Waals surface area contributed by atoms with Crippen molar-refractivity contribution in [3.63, 3.8) is 0 Å². The lowest BCUT2D eigenvalue weighted by Gasteiger charge is -2.35. The molecule has 0 heterocycles. The number of carbonyl (C=O) groups excluding carboxylic acids is 3. The molecule has 0 fully saturated rings. The molecule has 0 bridgehead atoms. The van der Waals surface area contributed by atoms with Gasteiger partial charge in [0.05, 0.1) is 0 Å². The van der Waals surface area contributed by atoms with Crippen LogP contribution in [0.25, 0.3) is 0 Å². The van der Waals surface area contributed by atoms with Gasteiger partial charge in [-0.1, -0.05) is 94.1 Å². The minimum atomic E-state index is -1.03. The van der Waals surface area contributed by atoms with E-state index < -0.39 is 23.8 Å². The van der Waals surface area contributed by atoms with Crippen molar-refractivity contribution < 1.29 is 24.2 Å². The van der Waals surface area contributed by atoms with Crippen LogP contribution in [0, 0.1) is 6.92 Å². The van der Waals surface area contributed by atoms with Crippen molar-refractivity contribution in [3.8, 4) is 5.75 Å². The minimum Gasteiger partial charge on any atom is -0.508 e. The molecule has 0 aliphatic rings. The Kier molecular flexibility index (Phi) is 13.7. The number of ether oxygens (including phenoxy) is 1. The average molecular weight is 630 g/mol. The fourth-order valence-corrected chi connectivity index (χ4v) is 5.29. The van der Waals surface area contributed by atoms with E-state index in [0.29, 0.717) is 24.2 Å². The molecule has 2 atom stereocenters. The molecule has 3 amide bonds. The van der Waals surface area contributed by atoms with E-state index in [1.807, 2.05) is 55.5 Å². The third-order valence-electron chi connectivity index (χ3n) is 7.82. The van der Waals surface area contributed by atoms with Crippen molar-refractivity contribution in [1.29, 1.82) is 0 Å². The maximum absolute atomic E-state index is 14.7. The predicted octanol–water partition coefficient (Wildman–Crippen LogP) is 7.88. The van der Waals surface area contributed by atoms with Gasteiger partial charge in [-0.15, -0.1) is 0 Å². The molecule has 0 aromatic heterocycles. The molecule has 0 saturated carbocycles. The summed E-state index contributed by atoms with van der Waals surface area (Å²) in [6.07, 6.45) is 5.07. The first-order valence-corrected chi connectivity index (χ1v) is 16.4. The first-order valence-electron chi connectivity index (χ1n) is 16.4. The van der Waals surface area contributed by atoms with E-state index in [9.17, 15) is 19.5 Å². The second-order valence-corrected chi connectivity index (χ2v) is 12.8. The van der Waals surface area contributed by atoms with E-state index in [1.165, 1.54) is 0 Å². The summed E-state index contributed by atoms with van der Waals surface area (Å²) < 4.78 is 5.55. The Balaban J connectivity index is 2.08. The molecule has 3 aromatic rings. The molecule has 0 aliphatic heterocycles. The zero-order valence-corrected chi connectivity index (χ0v) is 28.3. The second kappa shape index (κ2) is 17.4. The zero-order valence-electron chi connectivity index (χ0n) is 28.3. The number of benzene rings is 3. The van der Waals surface area contributed by atoms with Crippen LogP contribution in [-0.4, -0.2) is 46.1 Å². The molecular formula is C38H51N3O5. The SMILES string of the molecule is CCCCCCCN(C(=O)C(Cc1ccc(O)cc1)NC(=O)OC(C)(C)C)C(C(=O)Nc1ccccc1C)c1ccc(CC)cc1. The van der Waals surface area contributed by atoms with Gasteiger partial charge in [-0.2, -0.15) is 0 Å². The number of aryl methyl sites for hydroxylation is 2. The second-order valence-electron chi connectivity index (χ2n) is 12.8. The Morgan fingerprint density at radius 3 is 2.09 bits per heavy atom. The van der Waals surface area contributed by atoms with Gasteiger partial charge in [-0.25, -0.2) is 4.79 Å². The Morgan fingerprint density at radius 1 is 0.848 bits per heavy atom. The highest BCUT2D eigenvalue weighted by atomic mass is 16.6. The molecule has 2 unspecified atom stereocenters. The number of aromatic hydroxyl groups is 1. The van der Waals surface area contributed by atoms with Crippen LogP contribution in [0.1, 0.15) is 95.0 Å². The van der Waals surface area contributed by atoms with E-state index in [1.54, 1.807) is 49.9 Å². The highest BCUT2D eigenvalue weighted by molar-refractivity contribution is 5.99. The predicted molar refractivity (Wildman–Crippen MR) is 184 cm³/mol. The Labute approximate surface area is 274 Å². The number of rotatable bonds is 15. The lowest BCUT2D eigenvalue weighted by Crippen LogP contribution is -2.53. The van der Waals surface area contributed by atoms with Crippen LogP contribution in [0.2, 0.25) is 0 Å². The fraction of sp³-hybridized carbons (Fsp3) is 0.447. The summed E-state index contributed by atoms with van der Waals surface area (Å²) in [5, 5.41) is 15.7. The summed E-state index contributed by atoms with van der Waals surface area (Å²) in [7, 11) is 0. The molecule has 248 valence electrons. The summed E-state index contributed by atoms with van der Waals surface area (Å²) >= 11 is 0. The number of amides is 3. The fourth-order valence-electron chi connectivity index (χ4n) is 5.29. The number of phenolic OH excluding ortho intramolecular Hbond substituents is 1. The van der Waals surface area contributed by atoms with Gasteiger partial charge in [-0.05, 0) is 81.0 Å². The molecular weight excluding hydrogens is 578 g/mol. The molecule has 46 heavy (non-hydrogen) atoms. The lowest BCUT2D eigenvalue weighted by molar-refractivity contribution is -0.140.